The van der Waals surface area contributed by atoms with E-state index in [1.54, 1.807) is 12.5 Å². The number of imidazole rings is 1. The Bertz CT molecular complexity index is 269. The van der Waals surface area contributed by atoms with Crippen molar-refractivity contribution in [2.75, 3.05) is 13.7 Å². The molecule has 0 aliphatic heterocycles. The number of aromatic amines is 1. The smallest absolute Gasteiger partial charge is 0.250 e. The van der Waals surface area contributed by atoms with Crippen LogP contribution in [0.5, 0.6) is 0 Å². The number of amides is 1. The summed E-state index contributed by atoms with van der Waals surface area (Å²) in [6.45, 7) is 0.573. The first-order valence-corrected chi connectivity index (χ1v) is 4.25. The Morgan fingerprint density at radius 3 is 3.14 bits per heavy atom. The summed E-state index contributed by atoms with van der Waals surface area (Å²) in [4.78, 5) is 18.0. The molecule has 0 aliphatic carbocycles. The van der Waals surface area contributed by atoms with E-state index >= 15 is 0 Å². The maximum absolute atomic E-state index is 11.4. The number of carbonyl (C=O) groups is 1. The summed E-state index contributed by atoms with van der Waals surface area (Å²) in [5.74, 6) is -0.218. The third-order valence-corrected chi connectivity index (χ3v) is 1.80. The zero-order chi connectivity index (χ0) is 10.4. The van der Waals surface area contributed by atoms with Gasteiger partial charge in [-0.2, -0.15) is 0 Å². The van der Waals surface area contributed by atoms with Gasteiger partial charge in [-0.25, -0.2) is 4.98 Å². The summed E-state index contributed by atoms with van der Waals surface area (Å²) in [5, 5.41) is 2.67. The van der Waals surface area contributed by atoms with Crippen molar-refractivity contribution in [1.82, 2.24) is 15.3 Å². The van der Waals surface area contributed by atoms with Gasteiger partial charge in [-0.1, -0.05) is 0 Å². The Hall–Kier alpha value is -1.40. The van der Waals surface area contributed by atoms with Crippen LogP contribution in [0.25, 0.3) is 0 Å². The van der Waals surface area contributed by atoms with Crippen LogP contribution in [0.3, 0.4) is 0 Å². The van der Waals surface area contributed by atoms with Gasteiger partial charge >= 0.3 is 0 Å². The summed E-state index contributed by atoms with van der Waals surface area (Å²) in [6, 6.07) is 0. The Labute approximate surface area is 81.8 Å². The number of ether oxygens (including phenoxy) is 1. The highest BCUT2D eigenvalue weighted by molar-refractivity contribution is 5.80. The average Bonchev–Trinajstić information content (AvgIpc) is 2.69. The lowest BCUT2D eigenvalue weighted by molar-refractivity contribution is -0.130. The van der Waals surface area contributed by atoms with E-state index in [-0.39, 0.29) is 12.5 Å². The molecule has 6 heteroatoms. The molecule has 4 N–H and O–H groups in total. The van der Waals surface area contributed by atoms with Crippen LogP contribution < -0.4 is 11.1 Å². The summed E-state index contributed by atoms with van der Waals surface area (Å²) >= 11 is 0. The topological polar surface area (TPSA) is 93.0 Å². The van der Waals surface area contributed by atoms with Crippen molar-refractivity contribution in [2.24, 2.45) is 5.73 Å². The van der Waals surface area contributed by atoms with Crippen molar-refractivity contribution in [2.45, 2.75) is 12.6 Å². The number of carbonyl (C=O) groups excluding carboxylic acids is 1. The number of H-pyrrole nitrogens is 1. The van der Waals surface area contributed by atoms with Gasteiger partial charge in [0.2, 0.25) is 0 Å². The van der Waals surface area contributed by atoms with Crippen LogP contribution in [0.4, 0.5) is 0 Å². The van der Waals surface area contributed by atoms with E-state index in [4.69, 9.17) is 10.5 Å². The number of nitrogens with one attached hydrogen (secondary N) is 2. The zero-order valence-corrected chi connectivity index (χ0v) is 7.99. The Morgan fingerprint density at radius 2 is 2.64 bits per heavy atom. The number of nitrogens with zero attached hydrogens (tertiary/aromatic N) is 1. The van der Waals surface area contributed by atoms with E-state index in [9.17, 15) is 4.79 Å². The molecule has 14 heavy (non-hydrogen) atoms. The van der Waals surface area contributed by atoms with Gasteiger partial charge < -0.3 is 20.8 Å². The minimum absolute atomic E-state index is 0.172. The van der Waals surface area contributed by atoms with E-state index in [2.05, 4.69) is 15.3 Å². The molecule has 1 aromatic rings. The largest absolute Gasteiger partial charge is 0.370 e. The van der Waals surface area contributed by atoms with Crippen molar-refractivity contribution in [3.63, 3.8) is 0 Å². The second-order valence-electron chi connectivity index (χ2n) is 2.75. The van der Waals surface area contributed by atoms with E-state index in [1.807, 2.05) is 0 Å². The first kappa shape index (κ1) is 10.7. The molecule has 1 heterocycles. The van der Waals surface area contributed by atoms with Gasteiger partial charge in [0.05, 0.1) is 18.6 Å². The summed E-state index contributed by atoms with van der Waals surface area (Å²) in [5.41, 5.74) is 6.17. The van der Waals surface area contributed by atoms with Gasteiger partial charge in [0.25, 0.3) is 5.91 Å². The maximum atomic E-state index is 11.4. The SMILES string of the molecule is COC(CN)C(=O)NCc1cnc[nH]1. The lowest BCUT2D eigenvalue weighted by Gasteiger charge is -2.12. The molecule has 0 radical (unpaired) electrons. The standard InChI is InChI=1S/C8H14N4O2/c1-14-7(2-9)8(13)11-4-6-3-10-5-12-6/h3,5,7H,2,4,9H2,1H3,(H,10,12)(H,11,13). The fraction of sp³-hybridized carbons (Fsp3) is 0.500. The summed E-state index contributed by atoms with van der Waals surface area (Å²) < 4.78 is 4.87. The highest BCUT2D eigenvalue weighted by atomic mass is 16.5. The molecule has 0 saturated heterocycles. The maximum Gasteiger partial charge on any atom is 0.250 e. The van der Waals surface area contributed by atoms with Crippen molar-refractivity contribution in [3.05, 3.63) is 18.2 Å². The molecule has 0 bridgehead atoms. The second-order valence-corrected chi connectivity index (χ2v) is 2.75. The van der Waals surface area contributed by atoms with Crippen LogP contribution in [0.15, 0.2) is 12.5 Å². The molecule has 1 aromatic heterocycles. The van der Waals surface area contributed by atoms with E-state index < -0.39 is 6.10 Å². The summed E-state index contributed by atoms with van der Waals surface area (Å²) in [7, 11) is 1.45. The predicted molar refractivity (Wildman–Crippen MR) is 50.3 cm³/mol. The molecule has 0 aliphatic rings. The van der Waals surface area contributed by atoms with Crippen LogP contribution in [0.1, 0.15) is 5.69 Å². The molecule has 78 valence electrons. The molecule has 0 saturated carbocycles. The van der Waals surface area contributed by atoms with Gasteiger partial charge in [-0.05, 0) is 0 Å². The molecule has 1 atom stereocenters. The number of hydrogen-bond donors (Lipinski definition) is 3. The van der Waals surface area contributed by atoms with Crippen LogP contribution >= 0.6 is 0 Å². The fourth-order valence-corrected chi connectivity index (χ4v) is 0.988. The third-order valence-electron chi connectivity index (χ3n) is 1.80. The van der Waals surface area contributed by atoms with Crippen LogP contribution in [-0.4, -0.2) is 35.6 Å². The molecule has 0 spiro atoms. The minimum Gasteiger partial charge on any atom is -0.370 e. The lowest BCUT2D eigenvalue weighted by Crippen LogP contribution is -2.40. The van der Waals surface area contributed by atoms with Crippen LogP contribution in [-0.2, 0) is 16.1 Å². The summed E-state index contributed by atoms with van der Waals surface area (Å²) in [6.07, 6.45) is 2.61. The number of hydrogen-bond acceptors (Lipinski definition) is 4. The molecule has 6 nitrogen and oxygen atoms in total. The highest BCUT2D eigenvalue weighted by Crippen LogP contribution is 1.92. The van der Waals surface area contributed by atoms with Gasteiger partial charge in [0, 0.05) is 19.9 Å². The minimum atomic E-state index is -0.585. The average molecular weight is 198 g/mol. The number of aromatic nitrogens is 2. The first-order valence-electron chi connectivity index (χ1n) is 4.25. The predicted octanol–water partition coefficient (Wildman–Crippen LogP) is -1.00. The molecule has 1 rings (SSSR count). The van der Waals surface area contributed by atoms with Crippen molar-refractivity contribution >= 4 is 5.91 Å². The van der Waals surface area contributed by atoms with E-state index in [0.29, 0.717) is 6.54 Å². The normalized spacial score (nSPS) is 12.4. The second kappa shape index (κ2) is 5.36. The van der Waals surface area contributed by atoms with E-state index in [1.165, 1.54) is 7.11 Å². The molecule has 1 amide bonds. The monoisotopic (exact) mass is 198 g/mol. The molecule has 1 unspecified atom stereocenters. The lowest BCUT2D eigenvalue weighted by atomic mass is 10.3. The Kier molecular flexibility index (Phi) is 4.09. The zero-order valence-electron chi connectivity index (χ0n) is 7.99. The first-order chi connectivity index (χ1) is 6.77. The van der Waals surface area contributed by atoms with Crippen molar-refractivity contribution < 1.29 is 9.53 Å². The fourth-order valence-electron chi connectivity index (χ4n) is 0.988. The van der Waals surface area contributed by atoms with Crippen LogP contribution in [0, 0.1) is 0 Å². The third kappa shape index (κ3) is 2.82. The highest BCUT2D eigenvalue weighted by Gasteiger charge is 2.14. The molecule has 0 fully saturated rings. The van der Waals surface area contributed by atoms with Gasteiger partial charge in [-0.3, -0.25) is 4.79 Å². The Morgan fingerprint density at radius 1 is 1.86 bits per heavy atom. The quantitative estimate of drug-likeness (QED) is 0.565. The number of nitrogens with two attached hydrogens (primary N) is 1. The molecular formula is C8H14N4O2. The number of methoxy groups -OCH3 is 1. The van der Waals surface area contributed by atoms with Crippen LogP contribution in [0.2, 0.25) is 0 Å². The van der Waals surface area contributed by atoms with E-state index in [0.717, 1.165) is 5.69 Å². The van der Waals surface area contributed by atoms with Crippen molar-refractivity contribution in [3.8, 4) is 0 Å². The molecule has 0 aromatic carbocycles. The number of rotatable bonds is 5. The van der Waals surface area contributed by atoms with Crippen molar-refractivity contribution in [1.29, 1.82) is 0 Å². The van der Waals surface area contributed by atoms with Gasteiger partial charge in [0.1, 0.15) is 6.10 Å². The van der Waals surface area contributed by atoms with Gasteiger partial charge in [-0.15, -0.1) is 0 Å². The Balaban J connectivity index is 2.34. The molecular weight excluding hydrogens is 184 g/mol. The van der Waals surface area contributed by atoms with Gasteiger partial charge in [0.15, 0.2) is 0 Å².